The standard InChI is InChI=1S/C15H13FOS.C7H8O2S.C2H4N2/c1-10-2-3-12(9-14(10)16)11-4-5-15-13(8-11)6-7-18(15)17;1-6-2-4-7(5-3-6)10(8)9;3-1-2-4/h2-5,8-9H,6-7H2,1H3;2-5H,1H3,(H,8,9);1,3H2/p-1. The third kappa shape index (κ3) is 7.18. The van der Waals surface area contributed by atoms with E-state index in [1.165, 1.54) is 0 Å². The maximum Gasteiger partial charge on any atom is 0.126 e. The van der Waals surface area contributed by atoms with Crippen LogP contribution in [0.1, 0.15) is 16.7 Å². The van der Waals surface area contributed by atoms with Crippen molar-refractivity contribution in [1.82, 2.24) is 0 Å². The predicted molar refractivity (Wildman–Crippen MR) is 125 cm³/mol. The number of hydrogen-bond acceptors (Lipinski definition) is 5. The molecular formula is C24H24FN2O3S2-. The van der Waals surface area contributed by atoms with Gasteiger partial charge in [0.15, 0.2) is 0 Å². The van der Waals surface area contributed by atoms with Crippen LogP contribution >= 0.6 is 0 Å². The molecule has 0 radical (unpaired) electrons. The molecule has 3 aromatic carbocycles. The van der Waals surface area contributed by atoms with Gasteiger partial charge in [0.05, 0.1) is 23.4 Å². The van der Waals surface area contributed by atoms with Crippen LogP contribution in [0.25, 0.3) is 11.1 Å². The summed E-state index contributed by atoms with van der Waals surface area (Å²) in [5.41, 5.74) is 9.38. The fraction of sp³-hybridized carbons (Fsp3) is 0.208. The molecule has 8 heteroatoms. The summed E-state index contributed by atoms with van der Waals surface area (Å²) in [5.74, 6) is 0.526. The quantitative estimate of drug-likeness (QED) is 0.446. The molecule has 2 N–H and O–H groups in total. The van der Waals surface area contributed by atoms with E-state index in [2.05, 4.69) is 5.73 Å². The number of nitrogens with zero attached hydrogens (tertiary/aromatic N) is 1. The van der Waals surface area contributed by atoms with E-state index in [0.717, 1.165) is 33.6 Å². The molecule has 0 saturated heterocycles. The van der Waals surface area contributed by atoms with Gasteiger partial charge < -0.3 is 10.3 Å². The Hall–Kier alpha value is -2.70. The molecule has 3 aromatic rings. The Morgan fingerprint density at radius 2 is 1.69 bits per heavy atom. The lowest BCUT2D eigenvalue weighted by molar-refractivity contribution is 0.537. The first kappa shape index (κ1) is 25.6. The molecule has 0 saturated carbocycles. The van der Waals surface area contributed by atoms with Gasteiger partial charge in [-0.15, -0.1) is 0 Å². The van der Waals surface area contributed by atoms with Gasteiger partial charge >= 0.3 is 0 Å². The number of nitriles is 1. The van der Waals surface area contributed by atoms with Crippen molar-refractivity contribution in [3.63, 3.8) is 0 Å². The van der Waals surface area contributed by atoms with Gasteiger partial charge in [0.25, 0.3) is 0 Å². The van der Waals surface area contributed by atoms with Crippen molar-refractivity contribution in [3.8, 4) is 17.2 Å². The van der Waals surface area contributed by atoms with E-state index in [4.69, 9.17) is 5.26 Å². The third-order valence-electron chi connectivity index (χ3n) is 4.67. The second kappa shape index (κ2) is 12.4. The second-order valence-electron chi connectivity index (χ2n) is 7.00. The van der Waals surface area contributed by atoms with Gasteiger partial charge in [-0.25, -0.2) is 4.39 Å². The Labute approximate surface area is 192 Å². The predicted octanol–water partition coefficient (Wildman–Crippen LogP) is 4.17. The van der Waals surface area contributed by atoms with Crippen LogP contribution in [0.15, 0.2) is 70.5 Å². The van der Waals surface area contributed by atoms with Gasteiger partial charge in [-0.1, -0.05) is 35.9 Å². The molecule has 0 amide bonds. The highest BCUT2D eigenvalue weighted by Crippen LogP contribution is 2.29. The molecule has 5 nitrogen and oxygen atoms in total. The Balaban J connectivity index is 0.000000219. The zero-order valence-corrected chi connectivity index (χ0v) is 19.5. The van der Waals surface area contributed by atoms with Crippen molar-refractivity contribution in [1.29, 1.82) is 5.26 Å². The monoisotopic (exact) mass is 471 g/mol. The van der Waals surface area contributed by atoms with E-state index in [-0.39, 0.29) is 12.4 Å². The lowest BCUT2D eigenvalue weighted by Crippen LogP contribution is -1.91. The molecular weight excluding hydrogens is 447 g/mol. The summed E-state index contributed by atoms with van der Waals surface area (Å²) in [6, 6.07) is 19.5. The average molecular weight is 472 g/mol. The smallest absolute Gasteiger partial charge is 0.126 e. The van der Waals surface area contributed by atoms with E-state index in [1.807, 2.05) is 31.2 Å². The van der Waals surface area contributed by atoms with E-state index >= 15 is 0 Å². The maximum absolute atomic E-state index is 13.6. The molecule has 168 valence electrons. The van der Waals surface area contributed by atoms with Gasteiger partial charge in [0.1, 0.15) is 5.82 Å². The molecule has 1 heterocycles. The summed E-state index contributed by atoms with van der Waals surface area (Å²) in [7, 11) is -0.845. The van der Waals surface area contributed by atoms with Crippen LogP contribution in [-0.2, 0) is 28.3 Å². The fourth-order valence-electron chi connectivity index (χ4n) is 2.91. The first-order chi connectivity index (χ1) is 15.3. The lowest BCUT2D eigenvalue weighted by Gasteiger charge is -2.06. The Morgan fingerprint density at radius 3 is 2.25 bits per heavy atom. The number of halogens is 1. The molecule has 0 aliphatic carbocycles. The first-order valence-electron chi connectivity index (χ1n) is 9.77. The minimum atomic E-state index is -2.09. The van der Waals surface area contributed by atoms with Crippen LogP contribution < -0.4 is 5.73 Å². The summed E-state index contributed by atoms with van der Waals surface area (Å²) in [6.07, 6.45) is 0.851. The van der Waals surface area contributed by atoms with E-state index in [1.54, 1.807) is 49.4 Å². The molecule has 0 aromatic heterocycles. The first-order valence-corrected chi connectivity index (χ1v) is 12.2. The molecule has 1 aliphatic heterocycles. The number of benzene rings is 3. The zero-order valence-electron chi connectivity index (χ0n) is 17.8. The summed E-state index contributed by atoms with van der Waals surface area (Å²) in [6.45, 7) is 3.79. The maximum atomic E-state index is 13.6. The van der Waals surface area contributed by atoms with Gasteiger partial charge in [0.2, 0.25) is 0 Å². The van der Waals surface area contributed by atoms with Crippen molar-refractivity contribution in [3.05, 3.63) is 83.2 Å². The molecule has 1 aliphatic rings. The van der Waals surface area contributed by atoms with E-state index in [9.17, 15) is 17.4 Å². The number of aryl methyl sites for hydroxylation is 3. The van der Waals surface area contributed by atoms with Crippen LogP contribution in [0.3, 0.4) is 0 Å². The van der Waals surface area contributed by atoms with Crippen molar-refractivity contribution >= 4 is 21.9 Å². The number of hydrogen-bond donors (Lipinski definition) is 1. The summed E-state index contributed by atoms with van der Waals surface area (Å²) >= 11 is -2.09. The Morgan fingerprint density at radius 1 is 1.09 bits per heavy atom. The van der Waals surface area contributed by atoms with Crippen LogP contribution in [0, 0.1) is 31.0 Å². The van der Waals surface area contributed by atoms with Gasteiger partial charge in [-0.05, 0) is 83.9 Å². The van der Waals surface area contributed by atoms with Crippen LogP contribution in [-0.4, -0.2) is 25.3 Å². The SMILES string of the molecule is Cc1ccc(-c2ccc3c(c2)CCS3=O)cc1F.Cc1ccc(S(=O)[O-])cc1.N#CCN. The van der Waals surface area contributed by atoms with Gasteiger partial charge in [0, 0.05) is 15.5 Å². The summed E-state index contributed by atoms with van der Waals surface area (Å²) in [4.78, 5) is 1.27. The molecule has 2 unspecified atom stereocenters. The van der Waals surface area contributed by atoms with Crippen molar-refractivity contribution in [2.45, 2.75) is 30.1 Å². The molecule has 0 bridgehead atoms. The second-order valence-corrected chi connectivity index (χ2v) is 9.48. The fourth-order valence-corrected chi connectivity index (χ4v) is 4.57. The Bertz CT molecular complexity index is 1160. The van der Waals surface area contributed by atoms with Crippen molar-refractivity contribution < 1.29 is 17.4 Å². The van der Waals surface area contributed by atoms with Crippen molar-refractivity contribution in [2.24, 2.45) is 5.73 Å². The van der Waals surface area contributed by atoms with Crippen LogP contribution in [0.5, 0.6) is 0 Å². The number of rotatable bonds is 2. The summed E-state index contributed by atoms with van der Waals surface area (Å²) < 4.78 is 45.8. The highest BCUT2D eigenvalue weighted by molar-refractivity contribution is 7.85. The highest BCUT2D eigenvalue weighted by atomic mass is 32.2. The van der Waals surface area contributed by atoms with E-state index in [0.29, 0.717) is 16.2 Å². The molecule has 0 spiro atoms. The largest absolute Gasteiger partial charge is 0.768 e. The molecule has 2 atom stereocenters. The van der Waals surface area contributed by atoms with E-state index < -0.39 is 21.9 Å². The molecule has 32 heavy (non-hydrogen) atoms. The van der Waals surface area contributed by atoms with Crippen LogP contribution in [0.2, 0.25) is 0 Å². The van der Waals surface area contributed by atoms with Crippen LogP contribution in [0.4, 0.5) is 4.39 Å². The minimum Gasteiger partial charge on any atom is -0.768 e. The lowest BCUT2D eigenvalue weighted by atomic mass is 10.0. The highest BCUT2D eigenvalue weighted by Gasteiger charge is 2.18. The number of nitrogens with two attached hydrogens (primary N) is 1. The number of fused-ring (bicyclic) bond motifs is 1. The zero-order chi connectivity index (χ0) is 23.7. The van der Waals surface area contributed by atoms with Gasteiger partial charge in [-0.2, -0.15) is 5.26 Å². The summed E-state index contributed by atoms with van der Waals surface area (Å²) in [5, 5.41) is 7.50. The van der Waals surface area contributed by atoms with Gasteiger partial charge in [-0.3, -0.25) is 8.42 Å². The minimum absolute atomic E-state index is 0.125. The normalized spacial score (nSPS) is 14.7. The topological polar surface area (TPSA) is 107 Å². The molecule has 0 fully saturated rings. The Kier molecular flexibility index (Phi) is 9.88. The average Bonchev–Trinajstić information content (AvgIpc) is 3.16. The van der Waals surface area contributed by atoms with Crippen molar-refractivity contribution in [2.75, 3.05) is 12.3 Å². The third-order valence-corrected chi connectivity index (χ3v) is 6.79. The molecule has 4 rings (SSSR count).